The van der Waals surface area contributed by atoms with Crippen molar-refractivity contribution in [1.29, 1.82) is 0 Å². The lowest BCUT2D eigenvalue weighted by Crippen LogP contribution is -2.37. The zero-order valence-corrected chi connectivity index (χ0v) is 12.6. The quantitative estimate of drug-likeness (QED) is 0.462. The van der Waals surface area contributed by atoms with Crippen LogP contribution in [0.5, 0.6) is 0 Å². The van der Waals surface area contributed by atoms with Gasteiger partial charge in [-0.2, -0.15) is 4.57 Å². The number of carboxylic acid groups (broad SMARTS) is 1. The molecule has 0 aliphatic rings. The molecule has 20 heavy (non-hydrogen) atoms. The number of hydrogen-bond acceptors (Lipinski definition) is 2. The van der Waals surface area contributed by atoms with Gasteiger partial charge in [-0.3, -0.25) is 0 Å². The predicted octanol–water partition coefficient (Wildman–Crippen LogP) is 4.19. The number of unbranched alkanes of at least 4 members (excludes halogenated alkanes) is 9. The SMILES string of the molecule is CCCCCCCCCCCC[n+]1ccoc1C(=O)O. The summed E-state index contributed by atoms with van der Waals surface area (Å²) in [6, 6.07) is 0. The Morgan fingerprint density at radius 1 is 1.05 bits per heavy atom. The monoisotopic (exact) mass is 282 g/mol. The maximum atomic E-state index is 10.9. The molecule has 0 radical (unpaired) electrons. The summed E-state index contributed by atoms with van der Waals surface area (Å²) in [6.07, 6.45) is 16.0. The van der Waals surface area contributed by atoms with Crippen LogP contribution in [-0.2, 0) is 6.54 Å². The zero-order valence-electron chi connectivity index (χ0n) is 12.6. The van der Waals surface area contributed by atoms with Gasteiger partial charge < -0.3 is 9.52 Å². The first-order valence-electron chi connectivity index (χ1n) is 7.96. The van der Waals surface area contributed by atoms with Gasteiger partial charge in [0.1, 0.15) is 0 Å². The third kappa shape index (κ3) is 6.73. The third-order valence-corrected chi connectivity index (χ3v) is 3.62. The van der Waals surface area contributed by atoms with Crippen LogP contribution in [-0.4, -0.2) is 11.1 Å². The van der Waals surface area contributed by atoms with E-state index in [1.54, 1.807) is 10.8 Å². The van der Waals surface area contributed by atoms with Crippen LogP contribution >= 0.6 is 0 Å². The molecule has 0 aromatic carbocycles. The highest BCUT2D eigenvalue weighted by Crippen LogP contribution is 2.10. The number of aryl methyl sites for hydroxylation is 1. The number of aromatic carboxylic acids is 1. The molecule has 1 rings (SSSR count). The summed E-state index contributed by atoms with van der Waals surface area (Å²) >= 11 is 0. The molecule has 1 heterocycles. The van der Waals surface area contributed by atoms with E-state index in [0.29, 0.717) is 0 Å². The molecule has 0 aliphatic carbocycles. The molecule has 1 aromatic rings. The average Bonchev–Trinajstić information content (AvgIpc) is 2.89. The van der Waals surface area contributed by atoms with Gasteiger partial charge in [-0.1, -0.05) is 58.3 Å². The number of carboxylic acids is 1. The molecule has 1 aromatic heterocycles. The molecule has 1 N–H and O–H groups in total. The molecule has 0 saturated carbocycles. The van der Waals surface area contributed by atoms with Crippen LogP contribution in [0.15, 0.2) is 16.9 Å². The number of hydrogen-bond donors (Lipinski definition) is 1. The summed E-state index contributed by atoms with van der Waals surface area (Å²) < 4.78 is 6.61. The van der Waals surface area contributed by atoms with Crippen molar-refractivity contribution in [2.45, 2.75) is 77.7 Å². The van der Waals surface area contributed by atoms with E-state index < -0.39 is 5.97 Å². The number of rotatable bonds is 12. The summed E-state index contributed by atoms with van der Waals surface area (Å²) in [7, 11) is 0. The smallest absolute Gasteiger partial charge is 0.461 e. The van der Waals surface area contributed by atoms with E-state index in [1.807, 2.05) is 0 Å². The Morgan fingerprint density at radius 3 is 2.15 bits per heavy atom. The molecular weight excluding hydrogens is 254 g/mol. The van der Waals surface area contributed by atoms with E-state index in [1.165, 1.54) is 57.6 Å². The summed E-state index contributed by atoms with van der Waals surface area (Å²) in [5.41, 5.74) is 0. The van der Waals surface area contributed by atoms with Crippen LogP contribution in [0.4, 0.5) is 0 Å². The zero-order chi connectivity index (χ0) is 14.6. The van der Waals surface area contributed by atoms with E-state index in [0.717, 1.165) is 19.4 Å². The standard InChI is InChI=1S/C16H27NO3/c1-2-3-4-5-6-7-8-9-10-11-12-17-13-14-20-15(17)16(18)19/h13-14H,2-12H2,1H3/p+1. The van der Waals surface area contributed by atoms with Gasteiger partial charge in [0.25, 0.3) is 0 Å². The molecule has 0 amide bonds. The van der Waals surface area contributed by atoms with Crippen molar-refractivity contribution < 1.29 is 18.9 Å². The highest BCUT2D eigenvalue weighted by molar-refractivity contribution is 5.80. The fourth-order valence-corrected chi connectivity index (χ4v) is 2.42. The first kappa shape index (κ1) is 16.7. The molecule has 0 fully saturated rings. The van der Waals surface area contributed by atoms with E-state index in [-0.39, 0.29) is 5.89 Å². The number of aromatic nitrogens is 1. The Balaban J connectivity index is 1.97. The van der Waals surface area contributed by atoms with Crippen molar-refractivity contribution in [2.75, 3.05) is 0 Å². The maximum absolute atomic E-state index is 10.9. The number of oxazole rings is 1. The maximum Gasteiger partial charge on any atom is 0.461 e. The average molecular weight is 282 g/mol. The Bertz CT molecular complexity index is 374. The van der Waals surface area contributed by atoms with Gasteiger partial charge in [0.05, 0.1) is 0 Å². The van der Waals surface area contributed by atoms with Crippen molar-refractivity contribution in [3.63, 3.8) is 0 Å². The second-order valence-corrected chi connectivity index (χ2v) is 5.39. The molecule has 114 valence electrons. The lowest BCUT2D eigenvalue weighted by Gasteiger charge is -2.01. The van der Waals surface area contributed by atoms with Crippen molar-refractivity contribution >= 4 is 5.97 Å². The van der Waals surface area contributed by atoms with Crippen molar-refractivity contribution in [1.82, 2.24) is 0 Å². The van der Waals surface area contributed by atoms with Gasteiger partial charge in [-0.15, -0.1) is 0 Å². The van der Waals surface area contributed by atoms with Crippen LogP contribution in [0, 0.1) is 0 Å². The Hall–Kier alpha value is -1.32. The fourth-order valence-electron chi connectivity index (χ4n) is 2.42. The van der Waals surface area contributed by atoms with Crippen molar-refractivity contribution in [3.05, 3.63) is 18.4 Å². The van der Waals surface area contributed by atoms with Gasteiger partial charge >= 0.3 is 11.9 Å². The van der Waals surface area contributed by atoms with Crippen LogP contribution in [0.1, 0.15) is 81.8 Å². The Morgan fingerprint density at radius 2 is 1.60 bits per heavy atom. The lowest BCUT2D eigenvalue weighted by atomic mass is 10.1. The molecule has 4 nitrogen and oxygen atoms in total. The summed E-state index contributed by atoms with van der Waals surface area (Å²) in [5.74, 6) is -0.969. The molecule has 4 heteroatoms. The van der Waals surface area contributed by atoms with Crippen molar-refractivity contribution in [2.24, 2.45) is 0 Å². The molecule has 0 saturated heterocycles. The first-order valence-corrected chi connectivity index (χ1v) is 7.96. The Labute approximate surface area is 121 Å². The Kier molecular flexibility index (Phi) is 8.76. The second kappa shape index (κ2) is 10.5. The molecular formula is C16H28NO3+. The van der Waals surface area contributed by atoms with Crippen LogP contribution < -0.4 is 4.57 Å². The highest BCUT2D eigenvalue weighted by atomic mass is 16.4. The molecule has 0 unspecified atom stereocenters. The van der Waals surface area contributed by atoms with E-state index in [9.17, 15) is 4.79 Å². The van der Waals surface area contributed by atoms with Gasteiger partial charge in [0.2, 0.25) is 6.20 Å². The minimum absolute atomic E-state index is 0.0286. The topological polar surface area (TPSA) is 54.3 Å². The van der Waals surface area contributed by atoms with Gasteiger partial charge in [-0.05, 0) is 6.42 Å². The van der Waals surface area contributed by atoms with Gasteiger partial charge in [0.15, 0.2) is 12.8 Å². The highest BCUT2D eigenvalue weighted by Gasteiger charge is 2.22. The largest absolute Gasteiger partial charge is 0.471 e. The third-order valence-electron chi connectivity index (χ3n) is 3.62. The minimum Gasteiger partial charge on any atom is -0.471 e. The van der Waals surface area contributed by atoms with Crippen LogP contribution in [0.3, 0.4) is 0 Å². The summed E-state index contributed by atoms with van der Waals surface area (Å²) in [5, 5.41) is 8.90. The van der Waals surface area contributed by atoms with Gasteiger partial charge in [-0.25, -0.2) is 4.79 Å². The molecule has 0 bridgehead atoms. The normalized spacial score (nSPS) is 10.8. The summed E-state index contributed by atoms with van der Waals surface area (Å²) in [4.78, 5) is 10.9. The second-order valence-electron chi connectivity index (χ2n) is 5.39. The molecule has 0 aliphatic heterocycles. The van der Waals surface area contributed by atoms with E-state index in [2.05, 4.69) is 6.92 Å². The minimum atomic E-state index is -0.998. The fraction of sp³-hybridized carbons (Fsp3) is 0.750. The number of carbonyl (C=O) groups is 1. The van der Waals surface area contributed by atoms with E-state index in [4.69, 9.17) is 9.52 Å². The van der Waals surface area contributed by atoms with Crippen LogP contribution in [0.2, 0.25) is 0 Å². The van der Waals surface area contributed by atoms with Gasteiger partial charge in [0, 0.05) is 6.42 Å². The predicted molar refractivity (Wildman–Crippen MR) is 77.7 cm³/mol. The molecule has 0 atom stereocenters. The lowest BCUT2D eigenvalue weighted by molar-refractivity contribution is -0.702. The molecule has 0 spiro atoms. The van der Waals surface area contributed by atoms with Crippen LogP contribution in [0.25, 0.3) is 0 Å². The van der Waals surface area contributed by atoms with Crippen molar-refractivity contribution in [3.8, 4) is 0 Å². The van der Waals surface area contributed by atoms with E-state index >= 15 is 0 Å². The summed E-state index contributed by atoms with van der Waals surface area (Å²) in [6.45, 7) is 2.97. The number of nitrogens with zero attached hydrogens (tertiary/aromatic N) is 1. The first-order chi connectivity index (χ1) is 9.75.